The number of amides is 1. The molecule has 2 saturated carbocycles. The lowest BCUT2D eigenvalue weighted by Crippen LogP contribution is -2.27. The molecular formula is C16H23N3O3S. The largest absolute Gasteiger partial charge is 0.328 e. The molecule has 1 aromatic rings. The molecule has 23 heavy (non-hydrogen) atoms. The van der Waals surface area contributed by atoms with Gasteiger partial charge in [0.15, 0.2) is 0 Å². The fraction of sp³-hybridized carbons (Fsp3) is 0.562. The van der Waals surface area contributed by atoms with E-state index >= 15 is 0 Å². The summed E-state index contributed by atoms with van der Waals surface area (Å²) in [6.07, 6.45) is 4.10. The highest BCUT2D eigenvalue weighted by atomic mass is 32.2. The minimum absolute atomic E-state index is 0.0534. The molecule has 0 saturated heterocycles. The number of aryl methyl sites for hydroxylation is 1. The van der Waals surface area contributed by atoms with Gasteiger partial charge in [0.2, 0.25) is 15.9 Å². The molecule has 0 aliphatic heterocycles. The van der Waals surface area contributed by atoms with E-state index in [1.165, 1.54) is 6.07 Å². The van der Waals surface area contributed by atoms with Crippen LogP contribution < -0.4 is 15.8 Å². The van der Waals surface area contributed by atoms with Crippen molar-refractivity contribution in [2.24, 2.45) is 11.7 Å². The monoisotopic (exact) mass is 337 g/mol. The van der Waals surface area contributed by atoms with Crippen LogP contribution >= 0.6 is 0 Å². The van der Waals surface area contributed by atoms with Gasteiger partial charge in [-0.15, -0.1) is 0 Å². The summed E-state index contributed by atoms with van der Waals surface area (Å²) in [6, 6.07) is 5.13. The van der Waals surface area contributed by atoms with Crippen molar-refractivity contribution in [1.82, 2.24) is 4.72 Å². The molecule has 4 N–H and O–H groups in total. The molecule has 7 heteroatoms. The van der Waals surface area contributed by atoms with Crippen molar-refractivity contribution in [3.8, 4) is 0 Å². The van der Waals surface area contributed by atoms with Gasteiger partial charge in [0, 0.05) is 23.7 Å². The lowest BCUT2D eigenvalue weighted by Gasteiger charge is -2.14. The smallest absolute Gasteiger partial charge is 0.241 e. The number of hydrogen-bond acceptors (Lipinski definition) is 4. The Hall–Kier alpha value is -1.44. The first kappa shape index (κ1) is 16.4. The lowest BCUT2D eigenvalue weighted by atomic mass is 10.1. The number of rotatable bonds is 5. The molecular weight excluding hydrogens is 314 g/mol. The summed E-state index contributed by atoms with van der Waals surface area (Å²) >= 11 is 0. The van der Waals surface area contributed by atoms with Crippen molar-refractivity contribution in [2.45, 2.75) is 56.0 Å². The number of sulfonamides is 1. The fourth-order valence-corrected chi connectivity index (χ4v) is 4.53. The molecule has 1 amide bonds. The number of anilines is 1. The number of carbonyl (C=O) groups excluding carboxylic acids is 1. The average Bonchev–Trinajstić information content (AvgIpc) is 3.17. The second-order valence-electron chi connectivity index (χ2n) is 6.64. The van der Waals surface area contributed by atoms with Gasteiger partial charge in [0.05, 0.1) is 4.90 Å². The van der Waals surface area contributed by atoms with Crippen LogP contribution in [0, 0.1) is 12.8 Å². The minimum atomic E-state index is -3.54. The van der Waals surface area contributed by atoms with Crippen molar-refractivity contribution >= 4 is 21.6 Å². The Labute approximate surface area is 136 Å². The standard InChI is InChI=1S/C16H23N3O3S/c1-10-2-5-14(18-16(20)11-3-4-12(17)8-11)9-15(10)23(21,22)19-13-6-7-13/h2,5,9,11-13,19H,3-4,6-8,17H2,1H3,(H,18,20). The molecule has 2 aliphatic carbocycles. The van der Waals surface area contributed by atoms with Crippen molar-refractivity contribution in [2.75, 3.05) is 5.32 Å². The molecule has 6 nitrogen and oxygen atoms in total. The molecule has 0 radical (unpaired) electrons. The third-order valence-electron chi connectivity index (χ3n) is 4.49. The molecule has 0 spiro atoms. The summed E-state index contributed by atoms with van der Waals surface area (Å²) in [7, 11) is -3.54. The molecule has 2 aliphatic rings. The number of hydrogen-bond donors (Lipinski definition) is 3. The Morgan fingerprint density at radius 1 is 1.22 bits per heavy atom. The van der Waals surface area contributed by atoms with Crippen LogP contribution in [0.15, 0.2) is 23.1 Å². The van der Waals surface area contributed by atoms with Crippen LogP contribution in [-0.4, -0.2) is 26.4 Å². The topological polar surface area (TPSA) is 101 Å². The van der Waals surface area contributed by atoms with E-state index in [0.717, 1.165) is 25.7 Å². The highest BCUT2D eigenvalue weighted by Gasteiger charge is 2.30. The Balaban J connectivity index is 1.76. The zero-order valence-corrected chi connectivity index (χ0v) is 14.0. The summed E-state index contributed by atoms with van der Waals surface area (Å²) in [4.78, 5) is 12.5. The summed E-state index contributed by atoms with van der Waals surface area (Å²) < 4.78 is 27.5. The van der Waals surface area contributed by atoms with Crippen LogP contribution in [0.5, 0.6) is 0 Å². The van der Waals surface area contributed by atoms with E-state index < -0.39 is 10.0 Å². The first-order chi connectivity index (χ1) is 10.8. The van der Waals surface area contributed by atoms with Gasteiger partial charge in [-0.2, -0.15) is 0 Å². The van der Waals surface area contributed by atoms with Gasteiger partial charge in [-0.25, -0.2) is 13.1 Å². The SMILES string of the molecule is Cc1ccc(NC(=O)C2CCC(N)C2)cc1S(=O)(=O)NC1CC1. The predicted molar refractivity (Wildman–Crippen MR) is 88.5 cm³/mol. The van der Waals surface area contributed by atoms with Gasteiger partial charge in [-0.1, -0.05) is 6.07 Å². The first-order valence-electron chi connectivity index (χ1n) is 8.04. The van der Waals surface area contributed by atoms with Crippen molar-refractivity contribution in [3.05, 3.63) is 23.8 Å². The van der Waals surface area contributed by atoms with Crippen molar-refractivity contribution in [3.63, 3.8) is 0 Å². The summed E-state index contributed by atoms with van der Waals surface area (Å²) in [5.74, 6) is -0.170. The summed E-state index contributed by atoms with van der Waals surface area (Å²) in [5, 5.41) is 2.83. The molecule has 0 heterocycles. The third-order valence-corrected chi connectivity index (χ3v) is 6.15. The molecule has 3 rings (SSSR count). The maximum Gasteiger partial charge on any atom is 0.241 e. The van der Waals surface area contributed by atoms with Crippen molar-refractivity contribution in [1.29, 1.82) is 0 Å². The van der Waals surface area contributed by atoms with E-state index in [0.29, 0.717) is 17.7 Å². The molecule has 0 aromatic heterocycles. The maximum absolute atomic E-state index is 12.4. The van der Waals surface area contributed by atoms with E-state index in [1.807, 2.05) is 0 Å². The minimum Gasteiger partial charge on any atom is -0.328 e. The van der Waals surface area contributed by atoms with Gasteiger partial charge in [-0.05, 0) is 56.7 Å². The number of nitrogens with one attached hydrogen (secondary N) is 2. The fourth-order valence-electron chi connectivity index (χ4n) is 2.95. The lowest BCUT2D eigenvalue weighted by molar-refractivity contribution is -0.119. The number of nitrogens with two attached hydrogens (primary N) is 1. The zero-order chi connectivity index (χ0) is 16.6. The summed E-state index contributed by atoms with van der Waals surface area (Å²) in [5.41, 5.74) is 7.02. The first-order valence-corrected chi connectivity index (χ1v) is 9.53. The van der Waals surface area contributed by atoms with Gasteiger partial charge in [0.25, 0.3) is 0 Å². The Morgan fingerprint density at radius 2 is 1.96 bits per heavy atom. The number of benzene rings is 1. The molecule has 2 atom stereocenters. The van der Waals surface area contributed by atoms with Gasteiger partial charge >= 0.3 is 0 Å². The van der Waals surface area contributed by atoms with Crippen LogP contribution in [0.2, 0.25) is 0 Å². The van der Waals surface area contributed by atoms with Crippen LogP contribution in [0.25, 0.3) is 0 Å². The highest BCUT2D eigenvalue weighted by molar-refractivity contribution is 7.89. The van der Waals surface area contributed by atoms with Crippen molar-refractivity contribution < 1.29 is 13.2 Å². The molecule has 1 aromatic carbocycles. The highest BCUT2D eigenvalue weighted by Crippen LogP contribution is 2.28. The zero-order valence-electron chi connectivity index (χ0n) is 13.2. The second-order valence-corrected chi connectivity index (χ2v) is 8.32. The molecule has 126 valence electrons. The van der Waals surface area contributed by atoms with E-state index in [1.54, 1.807) is 19.1 Å². The van der Waals surface area contributed by atoms with Gasteiger partial charge in [0.1, 0.15) is 0 Å². The van der Waals surface area contributed by atoms with E-state index in [-0.39, 0.29) is 28.8 Å². The van der Waals surface area contributed by atoms with E-state index in [9.17, 15) is 13.2 Å². The van der Waals surface area contributed by atoms with Crippen LogP contribution in [0.1, 0.15) is 37.7 Å². The average molecular weight is 337 g/mol. The summed E-state index contributed by atoms with van der Waals surface area (Å²) in [6.45, 7) is 1.75. The third kappa shape index (κ3) is 3.91. The van der Waals surface area contributed by atoms with Crippen LogP contribution in [0.4, 0.5) is 5.69 Å². The van der Waals surface area contributed by atoms with Crippen LogP contribution in [-0.2, 0) is 14.8 Å². The quantitative estimate of drug-likeness (QED) is 0.758. The predicted octanol–water partition coefficient (Wildman–Crippen LogP) is 1.50. The Morgan fingerprint density at radius 3 is 2.57 bits per heavy atom. The molecule has 2 fully saturated rings. The molecule has 0 bridgehead atoms. The normalized spacial score (nSPS) is 24.6. The molecule has 2 unspecified atom stereocenters. The Kier molecular flexibility index (Phi) is 4.44. The van der Waals surface area contributed by atoms with Crippen LogP contribution in [0.3, 0.4) is 0 Å². The van der Waals surface area contributed by atoms with E-state index in [4.69, 9.17) is 5.73 Å². The van der Waals surface area contributed by atoms with Gasteiger partial charge in [-0.3, -0.25) is 4.79 Å². The maximum atomic E-state index is 12.4. The second kappa shape index (κ2) is 6.22. The number of carbonyl (C=O) groups is 1. The Bertz CT molecular complexity index is 713. The van der Waals surface area contributed by atoms with E-state index in [2.05, 4.69) is 10.0 Å². The van der Waals surface area contributed by atoms with Gasteiger partial charge < -0.3 is 11.1 Å².